The van der Waals surface area contributed by atoms with E-state index in [0.29, 0.717) is 41.9 Å². The number of pyridine rings is 1. The van der Waals surface area contributed by atoms with Crippen molar-refractivity contribution in [2.45, 2.75) is 25.7 Å². The Hall–Kier alpha value is -5.19. The van der Waals surface area contributed by atoms with E-state index in [9.17, 15) is 24.2 Å². The molecule has 0 aliphatic rings. The fourth-order valence-corrected chi connectivity index (χ4v) is 4.77. The fraction of sp³-hybridized carbons (Fsp3) is 0.176. The molecule has 10 heteroatoms. The Kier molecular flexibility index (Phi) is 9.85. The number of rotatable bonds is 12. The van der Waals surface area contributed by atoms with Crippen molar-refractivity contribution in [3.63, 3.8) is 0 Å². The summed E-state index contributed by atoms with van der Waals surface area (Å²) in [6.45, 7) is 1.50. The van der Waals surface area contributed by atoms with E-state index in [1.165, 1.54) is 30.3 Å². The summed E-state index contributed by atoms with van der Waals surface area (Å²) in [4.78, 5) is 26.3. The molecule has 226 valence electrons. The molecule has 0 bridgehead atoms. The number of nitrogens with one attached hydrogen (secondary N) is 3. The zero-order valence-electron chi connectivity index (χ0n) is 23.8. The van der Waals surface area contributed by atoms with Gasteiger partial charge in [0.15, 0.2) is 0 Å². The number of phenols is 1. The predicted molar refractivity (Wildman–Crippen MR) is 164 cm³/mol. The van der Waals surface area contributed by atoms with Gasteiger partial charge in [-0.2, -0.15) is 0 Å². The largest absolute Gasteiger partial charge is 0.506 e. The Morgan fingerprint density at radius 2 is 1.66 bits per heavy atom. The van der Waals surface area contributed by atoms with E-state index < -0.39 is 18.0 Å². The van der Waals surface area contributed by atoms with Gasteiger partial charge in [0.2, 0.25) is 5.56 Å². The summed E-state index contributed by atoms with van der Waals surface area (Å²) in [5.74, 6) is 0.238. The summed E-state index contributed by atoms with van der Waals surface area (Å²) < 4.78 is 24.4. The standard InChI is InChI=1S/C34H32FN3O6/c35-25-7-3-9-27(18-25)44-34(42)37-19-23-5-2-8-26(17-23)43-21-24-6-1-4-22(16-24)14-15-36-20-31(40)28-10-12-30(39)33-29(28)11-13-32(41)38-33/h1-13,16-18,31,36,39-40H,14-15,19-21H2,(H,37,42)(H,38,41)/t31-/m0/s1. The molecule has 1 amide bonds. The molecule has 0 aliphatic carbocycles. The molecule has 0 fully saturated rings. The van der Waals surface area contributed by atoms with Crippen molar-refractivity contribution >= 4 is 17.0 Å². The number of hydrogen-bond donors (Lipinski definition) is 5. The van der Waals surface area contributed by atoms with Gasteiger partial charge in [0.25, 0.3) is 0 Å². The van der Waals surface area contributed by atoms with Crippen LogP contribution in [0.25, 0.3) is 10.9 Å². The Bertz CT molecular complexity index is 1810. The lowest BCUT2D eigenvalue weighted by Crippen LogP contribution is -2.26. The molecule has 5 rings (SSSR count). The zero-order valence-corrected chi connectivity index (χ0v) is 23.8. The highest BCUT2D eigenvalue weighted by Crippen LogP contribution is 2.28. The van der Waals surface area contributed by atoms with E-state index in [1.54, 1.807) is 12.1 Å². The molecule has 0 saturated heterocycles. The summed E-state index contributed by atoms with van der Waals surface area (Å²) >= 11 is 0. The van der Waals surface area contributed by atoms with Gasteiger partial charge in [-0.05, 0) is 71.6 Å². The summed E-state index contributed by atoms with van der Waals surface area (Å²) in [5, 5.41) is 27.3. The highest BCUT2D eigenvalue weighted by Gasteiger charge is 2.14. The third kappa shape index (κ3) is 8.21. The number of aliphatic hydroxyl groups excluding tert-OH is 1. The first-order valence-corrected chi connectivity index (χ1v) is 14.1. The quantitative estimate of drug-likeness (QED) is 0.126. The van der Waals surface area contributed by atoms with E-state index in [-0.39, 0.29) is 23.6 Å². The minimum atomic E-state index is -0.825. The second-order valence-electron chi connectivity index (χ2n) is 10.2. The minimum absolute atomic E-state index is 0.0454. The van der Waals surface area contributed by atoms with Gasteiger partial charge in [0, 0.05) is 30.6 Å². The summed E-state index contributed by atoms with van der Waals surface area (Å²) in [5.41, 5.74) is 3.51. The first-order chi connectivity index (χ1) is 21.3. The molecular weight excluding hydrogens is 565 g/mol. The number of H-pyrrole nitrogens is 1. The van der Waals surface area contributed by atoms with Crippen LogP contribution in [0.15, 0.2) is 102 Å². The number of benzene rings is 4. The molecule has 1 heterocycles. The van der Waals surface area contributed by atoms with E-state index in [0.717, 1.165) is 29.2 Å². The fourth-order valence-electron chi connectivity index (χ4n) is 4.77. The Balaban J connectivity index is 1.07. The van der Waals surface area contributed by atoms with Gasteiger partial charge >= 0.3 is 6.09 Å². The maximum absolute atomic E-state index is 13.3. The number of ether oxygens (including phenoxy) is 2. The average molecular weight is 598 g/mol. The average Bonchev–Trinajstić information content (AvgIpc) is 3.02. The lowest BCUT2D eigenvalue weighted by atomic mass is 10.0. The number of fused-ring (bicyclic) bond motifs is 1. The Labute approximate surface area is 252 Å². The van der Waals surface area contributed by atoms with Crippen LogP contribution in [-0.4, -0.2) is 34.4 Å². The van der Waals surface area contributed by atoms with Crippen LogP contribution in [0.1, 0.15) is 28.4 Å². The molecule has 4 aromatic carbocycles. The zero-order chi connectivity index (χ0) is 30.9. The number of amides is 1. The lowest BCUT2D eigenvalue weighted by molar-refractivity contribution is 0.176. The number of halogens is 1. The molecule has 44 heavy (non-hydrogen) atoms. The smallest absolute Gasteiger partial charge is 0.412 e. The highest BCUT2D eigenvalue weighted by atomic mass is 19.1. The van der Waals surface area contributed by atoms with Gasteiger partial charge in [-0.15, -0.1) is 0 Å². The number of aromatic hydroxyl groups is 1. The van der Waals surface area contributed by atoms with Crippen LogP contribution in [0.4, 0.5) is 9.18 Å². The molecular formula is C34H32FN3O6. The second-order valence-corrected chi connectivity index (χ2v) is 10.2. The molecule has 0 aliphatic heterocycles. The number of aromatic amines is 1. The van der Waals surface area contributed by atoms with Crippen molar-refractivity contribution < 1.29 is 28.9 Å². The minimum Gasteiger partial charge on any atom is -0.506 e. The van der Waals surface area contributed by atoms with E-state index in [2.05, 4.69) is 21.7 Å². The number of carbonyl (C=O) groups excluding carboxylic acids is 1. The van der Waals surface area contributed by atoms with Crippen LogP contribution in [0.5, 0.6) is 17.2 Å². The predicted octanol–water partition coefficient (Wildman–Crippen LogP) is 5.11. The topological polar surface area (TPSA) is 133 Å². The molecule has 5 aromatic rings. The molecule has 0 unspecified atom stereocenters. The highest BCUT2D eigenvalue weighted by molar-refractivity contribution is 5.87. The number of aliphatic hydroxyl groups is 1. The Morgan fingerprint density at radius 1 is 0.886 bits per heavy atom. The van der Waals surface area contributed by atoms with Crippen LogP contribution < -0.4 is 25.7 Å². The van der Waals surface area contributed by atoms with Crippen molar-refractivity contribution in [3.8, 4) is 17.2 Å². The van der Waals surface area contributed by atoms with Crippen molar-refractivity contribution in [3.05, 3.63) is 135 Å². The second kappa shape index (κ2) is 14.3. The van der Waals surface area contributed by atoms with Crippen molar-refractivity contribution in [1.82, 2.24) is 15.6 Å². The van der Waals surface area contributed by atoms with Crippen LogP contribution >= 0.6 is 0 Å². The molecule has 1 atom stereocenters. The first-order valence-electron chi connectivity index (χ1n) is 14.1. The molecule has 0 saturated carbocycles. The van der Waals surface area contributed by atoms with Gasteiger partial charge in [0.1, 0.15) is 29.7 Å². The van der Waals surface area contributed by atoms with Crippen molar-refractivity contribution in [1.29, 1.82) is 0 Å². The molecule has 5 N–H and O–H groups in total. The number of aromatic nitrogens is 1. The summed E-state index contributed by atoms with van der Waals surface area (Å²) in [6.07, 6.45) is -0.778. The van der Waals surface area contributed by atoms with Gasteiger partial charge in [-0.3, -0.25) is 4.79 Å². The van der Waals surface area contributed by atoms with E-state index >= 15 is 0 Å². The molecule has 0 radical (unpaired) electrons. The molecule has 9 nitrogen and oxygen atoms in total. The van der Waals surface area contributed by atoms with Gasteiger partial charge < -0.3 is 35.3 Å². The SMILES string of the molecule is O=C(NCc1cccc(OCc2cccc(CCNC[C@H](O)c3ccc(O)c4[nH]c(=O)ccc34)c2)c1)Oc1cccc(F)c1. The molecule has 0 spiro atoms. The number of phenolic OH excluding ortho intramolecular Hbond substituents is 1. The lowest BCUT2D eigenvalue weighted by Gasteiger charge is -2.15. The first kappa shape index (κ1) is 30.3. The van der Waals surface area contributed by atoms with Crippen LogP contribution in [-0.2, 0) is 19.6 Å². The van der Waals surface area contributed by atoms with Crippen molar-refractivity contribution in [2.24, 2.45) is 0 Å². The maximum atomic E-state index is 13.3. The monoisotopic (exact) mass is 597 g/mol. The third-order valence-electron chi connectivity index (χ3n) is 6.93. The normalized spacial score (nSPS) is 11.7. The van der Waals surface area contributed by atoms with Crippen molar-refractivity contribution in [2.75, 3.05) is 13.1 Å². The van der Waals surface area contributed by atoms with Gasteiger partial charge in [-0.25, -0.2) is 9.18 Å². The van der Waals surface area contributed by atoms with Crippen LogP contribution in [0.2, 0.25) is 0 Å². The van der Waals surface area contributed by atoms with E-state index in [4.69, 9.17) is 9.47 Å². The number of carbonyl (C=O) groups is 1. The van der Waals surface area contributed by atoms with Crippen LogP contribution in [0, 0.1) is 5.82 Å². The van der Waals surface area contributed by atoms with Gasteiger partial charge in [0.05, 0.1) is 11.6 Å². The number of hydrogen-bond acceptors (Lipinski definition) is 7. The van der Waals surface area contributed by atoms with Gasteiger partial charge in [-0.1, -0.05) is 48.5 Å². The Morgan fingerprint density at radius 3 is 2.52 bits per heavy atom. The molecule has 1 aromatic heterocycles. The van der Waals surface area contributed by atoms with Crippen LogP contribution in [0.3, 0.4) is 0 Å². The summed E-state index contributed by atoms with van der Waals surface area (Å²) in [7, 11) is 0. The maximum Gasteiger partial charge on any atom is 0.412 e. The third-order valence-corrected chi connectivity index (χ3v) is 6.93. The summed E-state index contributed by atoms with van der Waals surface area (Å²) in [6, 6.07) is 26.8. The van der Waals surface area contributed by atoms with E-state index in [1.807, 2.05) is 42.5 Å².